The van der Waals surface area contributed by atoms with Gasteiger partial charge in [-0.3, -0.25) is 9.48 Å². The van der Waals surface area contributed by atoms with Crippen LogP contribution in [0.1, 0.15) is 17.4 Å². The van der Waals surface area contributed by atoms with E-state index in [2.05, 4.69) is 11.2 Å². The summed E-state index contributed by atoms with van der Waals surface area (Å²) in [4.78, 5) is 13.4. The first kappa shape index (κ1) is 11.2. The highest BCUT2D eigenvalue weighted by Crippen LogP contribution is 2.04. The SMILES string of the molecule is CC(C#N)CN(C)C(=O)c1ccnn1C. The molecule has 0 saturated carbocycles. The zero-order valence-electron chi connectivity index (χ0n) is 9.14. The molecule has 0 fully saturated rings. The van der Waals surface area contributed by atoms with E-state index >= 15 is 0 Å². The highest BCUT2D eigenvalue weighted by molar-refractivity contribution is 5.92. The molecule has 0 aliphatic heterocycles. The lowest BCUT2D eigenvalue weighted by molar-refractivity contribution is 0.0774. The second-order valence-corrected chi connectivity index (χ2v) is 3.56. The summed E-state index contributed by atoms with van der Waals surface area (Å²) in [6.07, 6.45) is 1.58. The van der Waals surface area contributed by atoms with Gasteiger partial charge in [0.25, 0.3) is 5.91 Å². The van der Waals surface area contributed by atoms with E-state index in [1.54, 1.807) is 33.3 Å². The van der Waals surface area contributed by atoms with Crippen molar-refractivity contribution in [3.8, 4) is 6.07 Å². The fourth-order valence-electron chi connectivity index (χ4n) is 1.31. The molecular weight excluding hydrogens is 192 g/mol. The molecular formula is C10H14N4O. The zero-order chi connectivity index (χ0) is 11.4. The van der Waals surface area contributed by atoms with E-state index in [0.29, 0.717) is 12.2 Å². The molecule has 15 heavy (non-hydrogen) atoms. The molecule has 0 N–H and O–H groups in total. The standard InChI is InChI=1S/C10H14N4O/c1-8(6-11)7-13(2)10(15)9-4-5-12-14(9)3/h4-5,8H,7H2,1-3H3. The van der Waals surface area contributed by atoms with E-state index in [0.717, 1.165) is 0 Å². The maximum absolute atomic E-state index is 11.8. The summed E-state index contributed by atoms with van der Waals surface area (Å²) in [5, 5.41) is 12.6. The summed E-state index contributed by atoms with van der Waals surface area (Å²) in [5.74, 6) is -0.274. The molecule has 80 valence electrons. The summed E-state index contributed by atoms with van der Waals surface area (Å²) >= 11 is 0. The zero-order valence-corrected chi connectivity index (χ0v) is 9.14. The van der Waals surface area contributed by atoms with Gasteiger partial charge in [-0.05, 0) is 13.0 Å². The van der Waals surface area contributed by atoms with Gasteiger partial charge in [0.2, 0.25) is 0 Å². The van der Waals surface area contributed by atoms with Gasteiger partial charge in [0.15, 0.2) is 0 Å². The second-order valence-electron chi connectivity index (χ2n) is 3.56. The van der Waals surface area contributed by atoms with Crippen molar-refractivity contribution < 1.29 is 4.79 Å². The van der Waals surface area contributed by atoms with E-state index in [-0.39, 0.29) is 11.8 Å². The highest BCUT2D eigenvalue weighted by Gasteiger charge is 2.16. The van der Waals surface area contributed by atoms with E-state index < -0.39 is 0 Å². The monoisotopic (exact) mass is 206 g/mol. The van der Waals surface area contributed by atoms with E-state index in [1.165, 1.54) is 9.58 Å². The van der Waals surface area contributed by atoms with Gasteiger partial charge in [0.1, 0.15) is 5.69 Å². The van der Waals surface area contributed by atoms with Crippen LogP contribution in [0.2, 0.25) is 0 Å². The Morgan fingerprint density at radius 3 is 2.93 bits per heavy atom. The van der Waals surface area contributed by atoms with Gasteiger partial charge in [-0.25, -0.2) is 0 Å². The minimum absolute atomic E-state index is 0.114. The Labute approximate surface area is 88.9 Å². The van der Waals surface area contributed by atoms with Crippen LogP contribution < -0.4 is 0 Å². The first-order valence-corrected chi connectivity index (χ1v) is 4.69. The van der Waals surface area contributed by atoms with Crippen LogP contribution in [0.3, 0.4) is 0 Å². The van der Waals surface area contributed by atoms with Crippen LogP contribution >= 0.6 is 0 Å². The van der Waals surface area contributed by atoms with E-state index in [4.69, 9.17) is 5.26 Å². The van der Waals surface area contributed by atoms with Crippen molar-refractivity contribution in [1.29, 1.82) is 5.26 Å². The van der Waals surface area contributed by atoms with Crippen molar-refractivity contribution >= 4 is 5.91 Å². The van der Waals surface area contributed by atoms with Crippen molar-refractivity contribution in [2.75, 3.05) is 13.6 Å². The number of carbonyl (C=O) groups excluding carboxylic acids is 1. The molecule has 0 radical (unpaired) electrons. The molecule has 1 rings (SSSR count). The highest BCUT2D eigenvalue weighted by atomic mass is 16.2. The summed E-state index contributed by atoms with van der Waals surface area (Å²) < 4.78 is 1.52. The Morgan fingerprint density at radius 1 is 1.80 bits per heavy atom. The molecule has 0 aliphatic carbocycles. The third-order valence-electron chi connectivity index (χ3n) is 2.15. The van der Waals surface area contributed by atoms with Crippen LogP contribution in [-0.4, -0.2) is 34.2 Å². The fourth-order valence-corrected chi connectivity index (χ4v) is 1.31. The molecule has 0 saturated heterocycles. The smallest absolute Gasteiger partial charge is 0.271 e. The van der Waals surface area contributed by atoms with Crippen molar-refractivity contribution in [1.82, 2.24) is 14.7 Å². The normalized spacial score (nSPS) is 11.9. The molecule has 1 aromatic rings. The first-order chi connectivity index (χ1) is 7.06. The average Bonchev–Trinajstić information content (AvgIpc) is 2.63. The van der Waals surface area contributed by atoms with Crippen LogP contribution in [0.25, 0.3) is 0 Å². The lowest BCUT2D eigenvalue weighted by atomic mass is 10.2. The Morgan fingerprint density at radius 2 is 2.47 bits per heavy atom. The summed E-state index contributed by atoms with van der Waals surface area (Å²) in [6.45, 7) is 2.22. The third kappa shape index (κ3) is 2.56. The summed E-state index contributed by atoms with van der Waals surface area (Å²) in [5.41, 5.74) is 0.530. The molecule has 1 amide bonds. The lowest BCUT2D eigenvalue weighted by Gasteiger charge is -2.17. The molecule has 5 nitrogen and oxygen atoms in total. The number of nitriles is 1. The van der Waals surface area contributed by atoms with Gasteiger partial charge in [-0.2, -0.15) is 10.4 Å². The number of aromatic nitrogens is 2. The molecule has 0 aromatic carbocycles. The molecule has 0 spiro atoms. The molecule has 5 heteroatoms. The van der Waals surface area contributed by atoms with Crippen LogP contribution in [0.5, 0.6) is 0 Å². The quantitative estimate of drug-likeness (QED) is 0.729. The minimum Gasteiger partial charge on any atom is -0.339 e. The number of aryl methyl sites for hydroxylation is 1. The van der Waals surface area contributed by atoms with E-state index in [1.807, 2.05) is 0 Å². The predicted octanol–water partition coefficient (Wildman–Crippen LogP) is 0.652. The fraction of sp³-hybridized carbons (Fsp3) is 0.500. The Balaban J connectivity index is 2.70. The van der Waals surface area contributed by atoms with E-state index in [9.17, 15) is 4.79 Å². The van der Waals surface area contributed by atoms with Gasteiger partial charge in [-0.15, -0.1) is 0 Å². The molecule has 1 unspecified atom stereocenters. The lowest BCUT2D eigenvalue weighted by Crippen LogP contribution is -2.32. The van der Waals surface area contributed by atoms with Crippen LogP contribution in [0, 0.1) is 17.2 Å². The topological polar surface area (TPSA) is 61.9 Å². The number of rotatable bonds is 3. The molecule has 1 heterocycles. The molecule has 0 aliphatic rings. The number of hydrogen-bond donors (Lipinski definition) is 0. The van der Waals surface area contributed by atoms with Crippen molar-refractivity contribution in [3.63, 3.8) is 0 Å². The van der Waals surface area contributed by atoms with Gasteiger partial charge < -0.3 is 4.90 Å². The van der Waals surface area contributed by atoms with Gasteiger partial charge in [0, 0.05) is 26.8 Å². The largest absolute Gasteiger partial charge is 0.339 e. The Hall–Kier alpha value is -1.83. The number of carbonyl (C=O) groups is 1. The van der Waals surface area contributed by atoms with Crippen LogP contribution in [0.15, 0.2) is 12.3 Å². The second kappa shape index (κ2) is 4.60. The average molecular weight is 206 g/mol. The van der Waals surface area contributed by atoms with Gasteiger partial charge >= 0.3 is 0 Å². The maximum Gasteiger partial charge on any atom is 0.271 e. The first-order valence-electron chi connectivity index (χ1n) is 4.69. The van der Waals surface area contributed by atoms with Gasteiger partial charge in [-0.1, -0.05) is 0 Å². The predicted molar refractivity (Wildman–Crippen MR) is 54.9 cm³/mol. The summed E-state index contributed by atoms with van der Waals surface area (Å²) in [7, 11) is 3.40. The number of amides is 1. The van der Waals surface area contributed by atoms with Crippen molar-refractivity contribution in [3.05, 3.63) is 18.0 Å². The van der Waals surface area contributed by atoms with Crippen molar-refractivity contribution in [2.45, 2.75) is 6.92 Å². The number of nitrogens with zero attached hydrogens (tertiary/aromatic N) is 4. The molecule has 1 atom stereocenters. The summed E-state index contributed by atoms with van der Waals surface area (Å²) in [6, 6.07) is 3.76. The van der Waals surface area contributed by atoms with Crippen LogP contribution in [-0.2, 0) is 7.05 Å². The van der Waals surface area contributed by atoms with Crippen LogP contribution in [0.4, 0.5) is 0 Å². The minimum atomic E-state index is -0.160. The Kier molecular flexibility index (Phi) is 3.45. The molecule has 1 aromatic heterocycles. The Bertz CT molecular complexity index is 390. The van der Waals surface area contributed by atoms with Gasteiger partial charge in [0.05, 0.1) is 12.0 Å². The van der Waals surface area contributed by atoms with Crippen molar-refractivity contribution in [2.24, 2.45) is 13.0 Å². The molecule has 0 bridgehead atoms. The number of hydrogen-bond acceptors (Lipinski definition) is 3. The third-order valence-corrected chi connectivity index (χ3v) is 2.15. The maximum atomic E-state index is 11.8.